The maximum Gasteiger partial charge on any atom is 0.417 e. The fraction of sp³-hybridized carbons (Fsp3) is 0.389. The Kier molecular flexibility index (Phi) is 8.82. The minimum atomic E-state index is -4.44. The van der Waals surface area contributed by atoms with Gasteiger partial charge >= 0.3 is 6.18 Å². The van der Waals surface area contributed by atoms with E-state index < -0.39 is 22.7 Å². The maximum absolute atomic E-state index is 12.5. The molecule has 29 heavy (non-hydrogen) atoms. The van der Waals surface area contributed by atoms with E-state index in [4.69, 9.17) is 60.6 Å². The van der Waals surface area contributed by atoms with Crippen molar-refractivity contribution in [3.8, 4) is 17.4 Å². The number of halogens is 7. The Morgan fingerprint density at radius 2 is 1.66 bits per heavy atom. The Morgan fingerprint density at radius 1 is 1.03 bits per heavy atom. The van der Waals surface area contributed by atoms with Crippen LogP contribution in [0, 0.1) is 0 Å². The van der Waals surface area contributed by atoms with E-state index in [0.29, 0.717) is 18.4 Å². The molecule has 0 aliphatic rings. The molecule has 1 heterocycles. The van der Waals surface area contributed by atoms with E-state index in [2.05, 4.69) is 4.98 Å². The van der Waals surface area contributed by atoms with Gasteiger partial charge in [0.15, 0.2) is 5.75 Å². The normalized spacial score (nSPS) is 12.7. The molecule has 0 radical (unpaired) electrons. The molecule has 1 atom stereocenters. The number of aromatic nitrogens is 1. The number of hydrogen-bond donors (Lipinski definition) is 0. The summed E-state index contributed by atoms with van der Waals surface area (Å²) in [5.41, 5.74) is -0.841. The highest BCUT2D eigenvalue weighted by Crippen LogP contribution is 2.37. The molecule has 2 aromatic rings. The third-order valence-corrected chi connectivity index (χ3v) is 4.77. The first-order chi connectivity index (χ1) is 13.6. The monoisotopic (exact) mass is 491 g/mol. The molecule has 0 saturated carbocycles. The van der Waals surface area contributed by atoms with Gasteiger partial charge in [0.05, 0.1) is 28.8 Å². The Bertz CT molecular complexity index is 781. The molecule has 0 aliphatic heterocycles. The van der Waals surface area contributed by atoms with Gasteiger partial charge in [0, 0.05) is 30.8 Å². The van der Waals surface area contributed by atoms with Crippen molar-refractivity contribution in [3.63, 3.8) is 0 Å². The van der Waals surface area contributed by atoms with Gasteiger partial charge in [-0.15, -0.1) is 23.2 Å². The molecule has 1 unspecified atom stereocenters. The molecule has 0 aliphatic carbocycles. The summed E-state index contributed by atoms with van der Waals surface area (Å²) in [5.74, 6) is 0.749. The summed E-state index contributed by atoms with van der Waals surface area (Å²) in [4.78, 5) is 2.90. The molecule has 0 saturated heterocycles. The first-order valence-electron chi connectivity index (χ1n) is 8.30. The zero-order valence-electron chi connectivity index (χ0n) is 15.0. The summed E-state index contributed by atoms with van der Waals surface area (Å²) in [6.07, 6.45) is -3.77. The Balaban J connectivity index is 1.81. The summed E-state index contributed by atoms with van der Waals surface area (Å²) in [6, 6.07) is 5.11. The smallest absolute Gasteiger partial charge is 0.417 e. The van der Waals surface area contributed by atoms with Crippen LogP contribution >= 0.6 is 46.4 Å². The summed E-state index contributed by atoms with van der Waals surface area (Å²) in [7, 11) is 0. The topological polar surface area (TPSA) is 40.6 Å². The molecule has 0 N–H and O–H groups in total. The molecular formula is C18H16Cl4F3NO3. The predicted molar refractivity (Wildman–Crippen MR) is 107 cm³/mol. The predicted octanol–water partition coefficient (Wildman–Crippen LogP) is 6.83. The molecule has 11 heteroatoms. The molecule has 1 aromatic carbocycles. The molecule has 160 valence electrons. The second-order valence-electron chi connectivity index (χ2n) is 5.81. The second-order valence-corrected chi connectivity index (χ2v) is 7.78. The van der Waals surface area contributed by atoms with Crippen LogP contribution in [0.15, 0.2) is 30.5 Å². The van der Waals surface area contributed by atoms with Crippen LogP contribution < -0.4 is 14.2 Å². The van der Waals surface area contributed by atoms with Gasteiger partial charge in [-0.05, 0) is 13.0 Å². The lowest BCUT2D eigenvalue weighted by Crippen LogP contribution is -2.19. The summed E-state index contributed by atoms with van der Waals surface area (Å²) in [6.45, 7) is 2.09. The highest BCUT2D eigenvalue weighted by molar-refractivity contribution is 6.44. The van der Waals surface area contributed by atoms with Crippen molar-refractivity contribution in [1.29, 1.82) is 0 Å². The van der Waals surface area contributed by atoms with Crippen molar-refractivity contribution in [1.82, 2.24) is 4.98 Å². The van der Waals surface area contributed by atoms with E-state index in [9.17, 15) is 13.2 Å². The zero-order valence-corrected chi connectivity index (χ0v) is 18.0. The van der Waals surface area contributed by atoms with Crippen molar-refractivity contribution in [2.24, 2.45) is 0 Å². The third kappa shape index (κ3) is 7.48. The van der Waals surface area contributed by atoms with Crippen LogP contribution in [0.3, 0.4) is 0 Å². The van der Waals surface area contributed by atoms with Crippen molar-refractivity contribution < 1.29 is 27.4 Å². The van der Waals surface area contributed by atoms with Gasteiger partial charge < -0.3 is 14.2 Å². The fourth-order valence-corrected chi connectivity index (χ4v) is 2.73. The molecule has 2 rings (SSSR count). The first-order valence-corrected chi connectivity index (χ1v) is 9.93. The van der Waals surface area contributed by atoms with E-state index in [1.807, 2.05) is 0 Å². The second kappa shape index (κ2) is 10.7. The quantitative estimate of drug-likeness (QED) is 0.284. The number of nitrogens with zero attached hydrogens (tertiary/aromatic N) is 1. The van der Waals surface area contributed by atoms with Crippen LogP contribution in [0.4, 0.5) is 13.2 Å². The summed E-state index contributed by atoms with van der Waals surface area (Å²) in [5, 5.41) is 0.483. The highest BCUT2D eigenvalue weighted by Gasteiger charge is 2.30. The Hall–Kier alpha value is -1.28. The fourth-order valence-electron chi connectivity index (χ4n) is 2.05. The number of benzene rings is 1. The average molecular weight is 493 g/mol. The lowest BCUT2D eigenvalue weighted by atomic mass is 10.3. The average Bonchev–Trinajstić information content (AvgIpc) is 2.63. The van der Waals surface area contributed by atoms with Gasteiger partial charge in [-0.1, -0.05) is 23.2 Å². The highest BCUT2D eigenvalue weighted by atomic mass is 35.5. The van der Waals surface area contributed by atoms with Crippen LogP contribution in [-0.4, -0.2) is 29.1 Å². The molecule has 0 bridgehead atoms. The summed E-state index contributed by atoms with van der Waals surface area (Å²) >= 11 is 23.8. The minimum Gasteiger partial charge on any atom is -0.490 e. The third-order valence-electron chi connectivity index (χ3n) is 3.50. The number of rotatable bonds is 9. The van der Waals surface area contributed by atoms with Gasteiger partial charge in [-0.3, -0.25) is 0 Å². The van der Waals surface area contributed by atoms with Gasteiger partial charge in [0.1, 0.15) is 16.7 Å². The zero-order chi connectivity index (χ0) is 21.6. The van der Waals surface area contributed by atoms with Crippen molar-refractivity contribution in [2.75, 3.05) is 13.2 Å². The van der Waals surface area contributed by atoms with E-state index in [-0.39, 0.29) is 34.9 Å². The van der Waals surface area contributed by atoms with E-state index in [1.165, 1.54) is 12.1 Å². The van der Waals surface area contributed by atoms with Gasteiger partial charge in [0.2, 0.25) is 5.88 Å². The van der Waals surface area contributed by atoms with Crippen LogP contribution in [0.5, 0.6) is 17.4 Å². The van der Waals surface area contributed by atoms with Crippen LogP contribution in [-0.2, 0) is 6.18 Å². The number of ether oxygens (including phenoxy) is 3. The number of hydrogen-bond acceptors (Lipinski definition) is 4. The van der Waals surface area contributed by atoms with Gasteiger partial charge in [-0.2, -0.15) is 13.2 Å². The van der Waals surface area contributed by atoms with Crippen LogP contribution in [0.25, 0.3) is 0 Å². The molecule has 4 nitrogen and oxygen atoms in total. The molecule has 1 aromatic heterocycles. The summed E-state index contributed by atoms with van der Waals surface area (Å²) < 4.78 is 53.8. The molecule has 0 amide bonds. The van der Waals surface area contributed by atoms with Gasteiger partial charge in [-0.25, -0.2) is 4.98 Å². The molecule has 0 spiro atoms. The standard InChI is InChI=1S/C18H16Cl4F3NO3/c1-10(17(21)22)29-12-7-13(19)16(14(20)8-12)28-6-2-5-27-15-4-3-11(9-26-15)18(23,24)25/h3-4,7-10,17H,2,5-6H2,1H3. The Labute approximate surface area is 185 Å². The van der Waals surface area contributed by atoms with Crippen LogP contribution in [0.1, 0.15) is 18.9 Å². The van der Waals surface area contributed by atoms with Gasteiger partial charge in [0.25, 0.3) is 0 Å². The minimum absolute atomic E-state index is 0.0848. The molecular weight excluding hydrogens is 477 g/mol. The van der Waals surface area contributed by atoms with Crippen molar-refractivity contribution in [2.45, 2.75) is 30.5 Å². The Morgan fingerprint density at radius 3 is 2.17 bits per heavy atom. The maximum atomic E-state index is 12.5. The number of alkyl halides is 5. The van der Waals surface area contributed by atoms with E-state index in [1.54, 1.807) is 6.92 Å². The lowest BCUT2D eigenvalue weighted by Gasteiger charge is -2.17. The SMILES string of the molecule is CC(Oc1cc(Cl)c(OCCCOc2ccc(C(F)(F)F)cn2)c(Cl)c1)C(Cl)Cl. The largest absolute Gasteiger partial charge is 0.490 e. The lowest BCUT2D eigenvalue weighted by molar-refractivity contribution is -0.137. The number of pyridine rings is 1. The van der Waals surface area contributed by atoms with E-state index in [0.717, 1.165) is 12.1 Å². The van der Waals surface area contributed by atoms with Crippen molar-refractivity contribution in [3.05, 3.63) is 46.1 Å². The van der Waals surface area contributed by atoms with Crippen molar-refractivity contribution >= 4 is 46.4 Å². The van der Waals surface area contributed by atoms with Crippen LogP contribution in [0.2, 0.25) is 10.0 Å². The van der Waals surface area contributed by atoms with E-state index >= 15 is 0 Å². The molecule has 0 fully saturated rings. The first kappa shape index (κ1) is 24.0.